The van der Waals surface area contributed by atoms with Crippen molar-refractivity contribution in [3.8, 4) is 0 Å². The third-order valence-electron chi connectivity index (χ3n) is 1.91. The molecule has 4 nitrogen and oxygen atoms in total. The van der Waals surface area contributed by atoms with E-state index in [0.29, 0.717) is 11.5 Å². The number of rotatable bonds is 1. The highest BCUT2D eigenvalue weighted by Crippen LogP contribution is 2.39. The van der Waals surface area contributed by atoms with Gasteiger partial charge in [-0.25, -0.2) is 0 Å². The van der Waals surface area contributed by atoms with Crippen LogP contribution >= 0.6 is 0 Å². The molecule has 0 aromatic carbocycles. The van der Waals surface area contributed by atoms with Crippen LogP contribution in [0.5, 0.6) is 0 Å². The smallest absolute Gasteiger partial charge is 0.262 e. The van der Waals surface area contributed by atoms with Crippen molar-refractivity contribution >= 4 is 0 Å². The Morgan fingerprint density at radius 1 is 1.55 bits per heavy atom. The van der Waals surface area contributed by atoms with Crippen molar-refractivity contribution in [1.82, 2.24) is 0 Å². The largest absolute Gasteiger partial charge is 0.494 e. The summed E-state index contributed by atoms with van der Waals surface area (Å²) in [6, 6.07) is 0. The normalized spacial score (nSPS) is 41.2. The summed E-state index contributed by atoms with van der Waals surface area (Å²) in [5.74, 6) is 1.15. The van der Waals surface area contributed by atoms with Crippen molar-refractivity contribution in [3.63, 3.8) is 0 Å². The van der Waals surface area contributed by atoms with Crippen molar-refractivity contribution < 1.29 is 19.3 Å². The molecule has 2 aliphatic heterocycles. The van der Waals surface area contributed by atoms with E-state index in [9.17, 15) is 5.11 Å². The van der Waals surface area contributed by atoms with Crippen LogP contribution in [0.15, 0.2) is 11.5 Å². The molecule has 0 aliphatic carbocycles. The van der Waals surface area contributed by atoms with Gasteiger partial charge in [0.2, 0.25) is 5.76 Å². The zero-order valence-corrected chi connectivity index (χ0v) is 6.40. The van der Waals surface area contributed by atoms with Crippen molar-refractivity contribution in [2.45, 2.75) is 25.4 Å². The molecule has 1 fully saturated rings. The van der Waals surface area contributed by atoms with E-state index in [2.05, 4.69) is 0 Å². The summed E-state index contributed by atoms with van der Waals surface area (Å²) in [6.45, 7) is 1.78. The van der Waals surface area contributed by atoms with Crippen molar-refractivity contribution in [2.24, 2.45) is 0 Å². The summed E-state index contributed by atoms with van der Waals surface area (Å²) in [5, 5.41) is 9.45. The van der Waals surface area contributed by atoms with Crippen LogP contribution in [0.4, 0.5) is 0 Å². The Morgan fingerprint density at radius 2 is 2.27 bits per heavy atom. The third-order valence-corrected chi connectivity index (χ3v) is 1.91. The maximum atomic E-state index is 9.45. The minimum Gasteiger partial charge on any atom is -0.494 e. The van der Waals surface area contributed by atoms with Crippen LogP contribution in [-0.4, -0.2) is 30.7 Å². The Bertz CT molecular complexity index is 210. The number of fused-ring (bicyclic) bond motifs is 1. The number of hydrogen-bond donors (Lipinski definition) is 1. The Hall–Kier alpha value is -0.740. The van der Waals surface area contributed by atoms with Gasteiger partial charge in [0.15, 0.2) is 5.76 Å². The second-order valence-electron chi connectivity index (χ2n) is 2.67. The van der Waals surface area contributed by atoms with E-state index in [1.807, 2.05) is 0 Å². The average molecular weight is 158 g/mol. The molecule has 2 heterocycles. The quantitative estimate of drug-likeness (QED) is 0.545. The van der Waals surface area contributed by atoms with Crippen molar-refractivity contribution in [2.75, 3.05) is 7.11 Å². The molecule has 0 saturated carbocycles. The van der Waals surface area contributed by atoms with Crippen LogP contribution in [-0.2, 0) is 14.2 Å². The van der Waals surface area contributed by atoms with Gasteiger partial charge in [0.25, 0.3) is 6.29 Å². The van der Waals surface area contributed by atoms with Gasteiger partial charge in [0, 0.05) is 0 Å². The number of epoxide rings is 1. The lowest BCUT2D eigenvalue weighted by Crippen LogP contribution is -2.32. The zero-order chi connectivity index (χ0) is 8.01. The second-order valence-corrected chi connectivity index (χ2v) is 2.67. The van der Waals surface area contributed by atoms with Crippen LogP contribution in [0.1, 0.15) is 6.92 Å². The van der Waals surface area contributed by atoms with E-state index >= 15 is 0 Å². The van der Waals surface area contributed by atoms with Gasteiger partial charge in [0.05, 0.1) is 13.2 Å². The molecule has 0 amide bonds. The fraction of sp³-hybridized carbons (Fsp3) is 0.714. The van der Waals surface area contributed by atoms with E-state index in [4.69, 9.17) is 14.2 Å². The Morgan fingerprint density at radius 3 is 2.91 bits per heavy atom. The van der Waals surface area contributed by atoms with Gasteiger partial charge in [-0.3, -0.25) is 0 Å². The average Bonchev–Trinajstić information content (AvgIpc) is 2.69. The maximum absolute atomic E-state index is 9.45. The number of ether oxygens (including phenoxy) is 3. The molecule has 3 atom stereocenters. The van der Waals surface area contributed by atoms with Crippen LogP contribution in [0.3, 0.4) is 0 Å². The Balaban J connectivity index is 2.24. The molecule has 0 aromatic rings. The van der Waals surface area contributed by atoms with Gasteiger partial charge in [-0.2, -0.15) is 0 Å². The molecule has 0 bridgehead atoms. The van der Waals surface area contributed by atoms with E-state index in [0.717, 1.165) is 0 Å². The third kappa shape index (κ3) is 0.902. The predicted octanol–water partition coefficient (Wildman–Crippen LogP) is -0.0197. The zero-order valence-electron chi connectivity index (χ0n) is 6.40. The summed E-state index contributed by atoms with van der Waals surface area (Å²) in [6.07, 6.45) is -1.20. The van der Waals surface area contributed by atoms with Gasteiger partial charge >= 0.3 is 0 Å². The minimum absolute atomic E-state index is 0.249. The molecule has 2 aliphatic rings. The lowest BCUT2D eigenvalue weighted by Gasteiger charge is -2.21. The molecule has 11 heavy (non-hydrogen) atoms. The number of aliphatic hydroxyl groups excluding tert-OH is 1. The van der Waals surface area contributed by atoms with Gasteiger partial charge in [0.1, 0.15) is 6.10 Å². The number of aliphatic hydroxyl groups is 1. The van der Waals surface area contributed by atoms with E-state index in [-0.39, 0.29) is 12.4 Å². The van der Waals surface area contributed by atoms with Gasteiger partial charge < -0.3 is 19.3 Å². The Labute approximate surface area is 64.4 Å². The topological polar surface area (TPSA) is 51.2 Å². The molecular weight excluding hydrogens is 148 g/mol. The van der Waals surface area contributed by atoms with Crippen molar-refractivity contribution in [1.29, 1.82) is 0 Å². The molecular formula is C7H10O4. The summed E-state index contributed by atoms with van der Waals surface area (Å²) >= 11 is 0. The molecule has 1 saturated heterocycles. The standard InChI is InChI=1S/C7H10O4/c1-3-4(8)5(9-2)6-7(10-3)11-6/h3-4,7-8H,1-2H3/t3-,4?,7?/m1/s1. The molecule has 0 spiro atoms. The monoisotopic (exact) mass is 158 g/mol. The fourth-order valence-corrected chi connectivity index (χ4v) is 1.19. The number of methoxy groups -OCH3 is 1. The first-order valence-corrected chi connectivity index (χ1v) is 3.52. The van der Waals surface area contributed by atoms with Crippen LogP contribution < -0.4 is 0 Å². The maximum Gasteiger partial charge on any atom is 0.262 e. The fourth-order valence-electron chi connectivity index (χ4n) is 1.19. The molecule has 0 aromatic heterocycles. The molecule has 2 rings (SSSR count). The van der Waals surface area contributed by atoms with Crippen molar-refractivity contribution in [3.05, 3.63) is 11.5 Å². The van der Waals surface area contributed by atoms with E-state index in [1.54, 1.807) is 6.92 Å². The lowest BCUT2D eigenvalue weighted by atomic mass is 10.1. The number of hydrogen-bond acceptors (Lipinski definition) is 4. The highest BCUT2D eigenvalue weighted by atomic mass is 16.8. The lowest BCUT2D eigenvalue weighted by molar-refractivity contribution is -0.0695. The van der Waals surface area contributed by atoms with Gasteiger partial charge in [-0.05, 0) is 6.92 Å². The SMILES string of the molecule is COC1=C2OC2O[C@H](C)C1O. The molecule has 0 radical (unpaired) electrons. The predicted molar refractivity (Wildman–Crippen MR) is 35.5 cm³/mol. The first-order chi connectivity index (χ1) is 5.24. The van der Waals surface area contributed by atoms with Crippen LogP contribution in [0.25, 0.3) is 0 Å². The highest BCUT2D eigenvalue weighted by Gasteiger charge is 2.48. The molecule has 62 valence electrons. The van der Waals surface area contributed by atoms with E-state index < -0.39 is 6.10 Å². The summed E-state index contributed by atoms with van der Waals surface area (Å²) < 4.78 is 15.1. The van der Waals surface area contributed by atoms with E-state index in [1.165, 1.54) is 7.11 Å². The first-order valence-electron chi connectivity index (χ1n) is 3.52. The first kappa shape index (κ1) is 6.94. The minimum atomic E-state index is -0.686. The van der Waals surface area contributed by atoms with Gasteiger partial charge in [-0.15, -0.1) is 0 Å². The summed E-state index contributed by atoms with van der Waals surface area (Å²) in [4.78, 5) is 0. The van der Waals surface area contributed by atoms with Crippen LogP contribution in [0, 0.1) is 0 Å². The molecule has 4 heteroatoms. The van der Waals surface area contributed by atoms with Crippen LogP contribution in [0.2, 0.25) is 0 Å². The van der Waals surface area contributed by atoms with Gasteiger partial charge in [-0.1, -0.05) is 0 Å². The highest BCUT2D eigenvalue weighted by molar-refractivity contribution is 5.22. The summed E-state index contributed by atoms with van der Waals surface area (Å²) in [7, 11) is 1.52. The second kappa shape index (κ2) is 2.12. The Kier molecular flexibility index (Phi) is 1.34. The molecule has 2 unspecified atom stereocenters. The molecule has 1 N–H and O–H groups in total. The summed E-state index contributed by atoms with van der Waals surface area (Å²) in [5.41, 5.74) is 0.